The van der Waals surface area contributed by atoms with E-state index in [1.807, 2.05) is 0 Å². The molecule has 2 rings (SSSR count). The van der Waals surface area contributed by atoms with Crippen LogP contribution < -0.4 is 10.1 Å². The summed E-state index contributed by atoms with van der Waals surface area (Å²) in [4.78, 5) is 7.79. The smallest absolute Gasteiger partial charge is 0.326 e. The first-order valence-corrected chi connectivity index (χ1v) is 5.11. The molecule has 0 unspecified atom stereocenters. The zero-order valence-corrected chi connectivity index (χ0v) is 9.59. The first-order chi connectivity index (χ1) is 7.63. The Morgan fingerprint density at radius 2 is 1.81 bits per heavy atom. The van der Waals surface area contributed by atoms with Gasteiger partial charge < -0.3 is 10.1 Å². The van der Waals surface area contributed by atoms with Crippen LogP contribution in [0.1, 0.15) is 0 Å². The largest absolute Gasteiger partial charge is 0.424 e. The monoisotopic (exact) mass is 255 g/mol. The zero-order valence-electron chi connectivity index (χ0n) is 8.08. The van der Waals surface area contributed by atoms with E-state index in [9.17, 15) is 0 Å². The van der Waals surface area contributed by atoms with Gasteiger partial charge in [0.15, 0.2) is 0 Å². The van der Waals surface area contributed by atoms with Crippen molar-refractivity contribution in [2.24, 2.45) is 9.98 Å². The molecule has 1 aromatic rings. The van der Waals surface area contributed by atoms with E-state index in [1.165, 1.54) is 0 Å². The Balaban J connectivity index is 2.16. The number of hydrogen-bond donors (Lipinski definition) is 1. The molecule has 1 aromatic carbocycles. The molecular weight excluding hydrogens is 249 g/mol. The van der Waals surface area contributed by atoms with Gasteiger partial charge in [0.05, 0.1) is 0 Å². The minimum atomic E-state index is 0.135. The third-order valence-electron chi connectivity index (χ3n) is 1.69. The van der Waals surface area contributed by atoms with E-state index in [4.69, 9.17) is 27.9 Å². The molecule has 0 bridgehead atoms. The fourth-order valence-corrected chi connectivity index (χ4v) is 1.36. The highest BCUT2D eigenvalue weighted by atomic mass is 35.5. The molecule has 0 radical (unpaired) electrons. The van der Waals surface area contributed by atoms with Crippen molar-refractivity contribution < 1.29 is 4.74 Å². The summed E-state index contributed by atoms with van der Waals surface area (Å²) >= 11 is 11.4. The standard InChI is InChI=1S/C10H7Cl2N3O/c1-6-13-9(12)15-10(14-6)16-8-4-2-7(11)3-5-8/h2-5H,1H2,(H,13,14,15). The van der Waals surface area contributed by atoms with E-state index in [2.05, 4.69) is 21.9 Å². The molecule has 1 N–H and O–H groups in total. The van der Waals surface area contributed by atoms with Crippen LogP contribution in [0.3, 0.4) is 0 Å². The van der Waals surface area contributed by atoms with Crippen molar-refractivity contribution in [3.63, 3.8) is 0 Å². The SMILES string of the molecule is C=C1N=C(Oc2ccc(Cl)cc2)N=C(Cl)N1. The number of nitrogens with one attached hydrogen (secondary N) is 1. The molecule has 1 aliphatic heterocycles. The Hall–Kier alpha value is -1.52. The van der Waals surface area contributed by atoms with Gasteiger partial charge >= 0.3 is 6.02 Å². The molecule has 0 fully saturated rings. The minimum Gasteiger partial charge on any atom is -0.424 e. The van der Waals surface area contributed by atoms with Crippen LogP contribution in [0.5, 0.6) is 5.75 Å². The first-order valence-electron chi connectivity index (χ1n) is 4.36. The Morgan fingerprint density at radius 1 is 1.12 bits per heavy atom. The molecule has 0 atom stereocenters. The van der Waals surface area contributed by atoms with Crippen LogP contribution in [0.15, 0.2) is 46.7 Å². The van der Waals surface area contributed by atoms with E-state index >= 15 is 0 Å². The molecular formula is C10H7Cl2N3O. The number of halogens is 2. The summed E-state index contributed by atoms with van der Waals surface area (Å²) in [6.07, 6.45) is 0. The van der Waals surface area contributed by atoms with E-state index in [1.54, 1.807) is 24.3 Å². The molecule has 0 spiro atoms. The van der Waals surface area contributed by atoms with Crippen LogP contribution >= 0.6 is 23.2 Å². The highest BCUT2D eigenvalue weighted by molar-refractivity contribution is 6.65. The van der Waals surface area contributed by atoms with Gasteiger partial charge in [-0.3, -0.25) is 0 Å². The molecule has 0 aliphatic carbocycles. The Morgan fingerprint density at radius 3 is 2.44 bits per heavy atom. The quantitative estimate of drug-likeness (QED) is 0.785. The molecule has 0 saturated carbocycles. The van der Waals surface area contributed by atoms with E-state index < -0.39 is 0 Å². The van der Waals surface area contributed by atoms with Gasteiger partial charge in [0.25, 0.3) is 0 Å². The highest BCUT2D eigenvalue weighted by Crippen LogP contribution is 2.16. The molecule has 0 saturated heterocycles. The summed E-state index contributed by atoms with van der Waals surface area (Å²) in [5, 5.41) is 3.44. The lowest BCUT2D eigenvalue weighted by molar-refractivity contribution is 0.539. The van der Waals surface area contributed by atoms with Crippen LogP contribution in [0, 0.1) is 0 Å². The molecule has 0 amide bonds. The first kappa shape index (κ1) is 11.0. The highest BCUT2D eigenvalue weighted by Gasteiger charge is 2.10. The van der Waals surface area contributed by atoms with Gasteiger partial charge in [-0.05, 0) is 35.9 Å². The Bertz CT molecular complexity index is 479. The maximum atomic E-state index is 5.74. The normalized spacial score (nSPS) is 15.0. The van der Waals surface area contributed by atoms with Gasteiger partial charge in [-0.25, -0.2) is 0 Å². The molecule has 82 valence electrons. The van der Waals surface area contributed by atoms with Crippen LogP contribution in [-0.2, 0) is 0 Å². The Labute approximate surface area is 102 Å². The second kappa shape index (κ2) is 4.55. The second-order valence-electron chi connectivity index (χ2n) is 2.92. The van der Waals surface area contributed by atoms with Crippen LogP contribution in [-0.4, -0.2) is 11.3 Å². The van der Waals surface area contributed by atoms with Crippen molar-refractivity contribution in [3.05, 3.63) is 41.7 Å². The van der Waals surface area contributed by atoms with Gasteiger partial charge in [-0.15, -0.1) is 0 Å². The summed E-state index contributed by atoms with van der Waals surface area (Å²) in [7, 11) is 0. The van der Waals surface area contributed by atoms with Gasteiger partial charge in [0, 0.05) is 5.02 Å². The van der Waals surface area contributed by atoms with Crippen molar-refractivity contribution in [1.82, 2.24) is 5.32 Å². The molecule has 0 aromatic heterocycles. The number of aliphatic imine (C=N–C) groups is 2. The van der Waals surface area contributed by atoms with Crippen molar-refractivity contribution in [1.29, 1.82) is 0 Å². The maximum Gasteiger partial charge on any atom is 0.326 e. The fraction of sp³-hybridized carbons (Fsp3) is 0. The number of amidine groups is 2. The van der Waals surface area contributed by atoms with Crippen molar-refractivity contribution in [3.8, 4) is 5.75 Å². The number of hydrogen-bond acceptors (Lipinski definition) is 4. The fourth-order valence-electron chi connectivity index (χ4n) is 1.05. The van der Waals surface area contributed by atoms with E-state index in [-0.39, 0.29) is 11.3 Å². The molecule has 4 nitrogen and oxygen atoms in total. The van der Waals surface area contributed by atoms with E-state index in [0.29, 0.717) is 16.6 Å². The van der Waals surface area contributed by atoms with Gasteiger partial charge in [-0.2, -0.15) is 9.98 Å². The number of benzene rings is 1. The maximum absolute atomic E-state index is 5.74. The van der Waals surface area contributed by atoms with E-state index in [0.717, 1.165) is 0 Å². The topological polar surface area (TPSA) is 46.0 Å². The third-order valence-corrected chi connectivity index (χ3v) is 2.13. The lowest BCUT2D eigenvalue weighted by atomic mass is 10.3. The number of ether oxygens (including phenoxy) is 1. The predicted octanol–water partition coefficient (Wildman–Crippen LogP) is 2.74. The lowest BCUT2D eigenvalue weighted by Gasteiger charge is -2.11. The zero-order chi connectivity index (χ0) is 11.5. The average Bonchev–Trinajstić information content (AvgIpc) is 2.20. The van der Waals surface area contributed by atoms with Crippen molar-refractivity contribution >= 4 is 34.5 Å². The van der Waals surface area contributed by atoms with Gasteiger partial charge in [0.2, 0.25) is 5.29 Å². The number of nitrogens with zero attached hydrogens (tertiary/aromatic N) is 2. The molecule has 1 aliphatic rings. The van der Waals surface area contributed by atoms with Crippen molar-refractivity contribution in [2.75, 3.05) is 0 Å². The van der Waals surface area contributed by atoms with Crippen molar-refractivity contribution in [2.45, 2.75) is 0 Å². The average molecular weight is 256 g/mol. The summed E-state index contributed by atoms with van der Waals surface area (Å²) in [5.74, 6) is 0.954. The summed E-state index contributed by atoms with van der Waals surface area (Å²) in [5.41, 5.74) is 0. The molecule has 16 heavy (non-hydrogen) atoms. The summed E-state index contributed by atoms with van der Waals surface area (Å²) in [6.45, 7) is 3.61. The van der Waals surface area contributed by atoms with Gasteiger partial charge in [0.1, 0.15) is 11.6 Å². The molecule has 1 heterocycles. The number of rotatable bonds is 1. The van der Waals surface area contributed by atoms with Crippen LogP contribution in [0.4, 0.5) is 0 Å². The van der Waals surface area contributed by atoms with Gasteiger partial charge in [-0.1, -0.05) is 18.2 Å². The third kappa shape index (κ3) is 2.74. The Kier molecular flexibility index (Phi) is 3.12. The van der Waals surface area contributed by atoms with Crippen LogP contribution in [0.2, 0.25) is 5.02 Å². The summed E-state index contributed by atoms with van der Waals surface area (Å²) in [6, 6.07) is 6.96. The minimum absolute atomic E-state index is 0.135. The molecule has 6 heteroatoms. The lowest BCUT2D eigenvalue weighted by Crippen LogP contribution is -2.24. The summed E-state index contributed by atoms with van der Waals surface area (Å²) < 4.78 is 5.37. The second-order valence-corrected chi connectivity index (χ2v) is 3.72. The predicted molar refractivity (Wildman–Crippen MR) is 65.1 cm³/mol. The van der Waals surface area contributed by atoms with Crippen LogP contribution in [0.25, 0.3) is 0 Å².